The maximum atomic E-state index is 12.8. The summed E-state index contributed by atoms with van der Waals surface area (Å²) >= 11 is 1.41. The number of hydrogen-bond acceptors (Lipinski definition) is 3. The first-order valence-electron chi connectivity index (χ1n) is 7.58. The summed E-state index contributed by atoms with van der Waals surface area (Å²) in [7, 11) is 0. The van der Waals surface area contributed by atoms with E-state index in [1.807, 2.05) is 42.6 Å². The first kappa shape index (κ1) is 15.7. The third-order valence-corrected chi connectivity index (χ3v) is 5.40. The summed E-state index contributed by atoms with van der Waals surface area (Å²) in [6.07, 6.45) is 0.499. The van der Waals surface area contributed by atoms with Crippen LogP contribution in [0.4, 0.5) is 0 Å². The molecule has 0 aliphatic carbocycles. The van der Waals surface area contributed by atoms with Crippen LogP contribution in [0.3, 0.4) is 0 Å². The summed E-state index contributed by atoms with van der Waals surface area (Å²) in [5.74, 6) is -0.904. The van der Waals surface area contributed by atoms with Gasteiger partial charge in [0.15, 0.2) is 0 Å². The predicted molar refractivity (Wildman–Crippen MR) is 90.8 cm³/mol. The van der Waals surface area contributed by atoms with Crippen LogP contribution < -0.4 is 0 Å². The van der Waals surface area contributed by atoms with Crippen LogP contribution in [0.15, 0.2) is 35.7 Å². The number of carbonyl (C=O) groups excluding carboxylic acids is 1. The minimum atomic E-state index is -0.836. The third-order valence-electron chi connectivity index (χ3n) is 4.50. The van der Waals surface area contributed by atoms with Crippen molar-refractivity contribution in [3.8, 4) is 11.1 Å². The fourth-order valence-electron chi connectivity index (χ4n) is 2.89. The van der Waals surface area contributed by atoms with Crippen LogP contribution in [-0.4, -0.2) is 35.0 Å². The van der Waals surface area contributed by atoms with Gasteiger partial charge in [-0.25, -0.2) is 0 Å². The Morgan fingerprint density at radius 3 is 2.52 bits per heavy atom. The number of likely N-dealkylation sites (tertiary alicyclic amines) is 1. The Labute approximate surface area is 139 Å². The van der Waals surface area contributed by atoms with Gasteiger partial charge in [0.05, 0.1) is 10.3 Å². The van der Waals surface area contributed by atoms with E-state index >= 15 is 0 Å². The smallest absolute Gasteiger partial charge is 0.311 e. The van der Waals surface area contributed by atoms with Gasteiger partial charge in [0, 0.05) is 18.7 Å². The van der Waals surface area contributed by atoms with Crippen molar-refractivity contribution in [3.63, 3.8) is 0 Å². The second kappa shape index (κ2) is 5.81. The zero-order valence-electron chi connectivity index (χ0n) is 13.2. The number of hydrogen-bond donors (Lipinski definition) is 1. The van der Waals surface area contributed by atoms with Gasteiger partial charge in [-0.15, -0.1) is 11.3 Å². The Balaban J connectivity index is 1.86. The Bertz CT molecular complexity index is 750. The number of carbonyl (C=O) groups is 2. The van der Waals surface area contributed by atoms with E-state index in [0.717, 1.165) is 11.1 Å². The molecule has 1 amide bonds. The predicted octanol–water partition coefficient (Wildman–Crippen LogP) is 3.66. The number of rotatable bonds is 3. The normalized spacial score (nSPS) is 20.7. The van der Waals surface area contributed by atoms with Crippen molar-refractivity contribution in [1.82, 2.24) is 4.90 Å². The number of carboxylic acids is 1. The number of aliphatic carboxylic acids is 1. The Kier molecular flexibility index (Phi) is 3.98. The molecule has 0 spiro atoms. The van der Waals surface area contributed by atoms with Crippen molar-refractivity contribution in [2.24, 2.45) is 5.41 Å². The molecule has 2 heterocycles. The van der Waals surface area contributed by atoms with Gasteiger partial charge in [0.25, 0.3) is 5.91 Å². The molecule has 2 aromatic rings. The SMILES string of the molecule is Cc1ccc(-c2ccsc2C(=O)N2CCC(C)(C(=O)O)C2)cc1. The number of benzene rings is 1. The van der Waals surface area contributed by atoms with Crippen LogP contribution in [0.2, 0.25) is 0 Å². The van der Waals surface area contributed by atoms with Gasteiger partial charge >= 0.3 is 5.97 Å². The van der Waals surface area contributed by atoms with Gasteiger partial charge in [0.1, 0.15) is 0 Å². The van der Waals surface area contributed by atoms with Crippen molar-refractivity contribution in [2.75, 3.05) is 13.1 Å². The number of carboxylic acid groups (broad SMARTS) is 1. The molecule has 23 heavy (non-hydrogen) atoms. The molecule has 1 saturated heterocycles. The van der Waals surface area contributed by atoms with E-state index in [0.29, 0.717) is 17.8 Å². The fraction of sp³-hybridized carbons (Fsp3) is 0.333. The lowest BCUT2D eigenvalue weighted by atomic mass is 9.90. The highest BCUT2D eigenvalue weighted by Crippen LogP contribution is 2.34. The number of aryl methyl sites for hydroxylation is 1. The van der Waals surface area contributed by atoms with E-state index in [2.05, 4.69) is 0 Å². The van der Waals surface area contributed by atoms with Gasteiger partial charge in [-0.05, 0) is 37.3 Å². The molecule has 1 fully saturated rings. The Hall–Kier alpha value is -2.14. The summed E-state index contributed by atoms with van der Waals surface area (Å²) in [6, 6.07) is 10.0. The molecule has 1 aliphatic heterocycles. The minimum absolute atomic E-state index is 0.0689. The number of nitrogens with zero attached hydrogens (tertiary/aromatic N) is 1. The monoisotopic (exact) mass is 329 g/mol. The molecular weight excluding hydrogens is 310 g/mol. The van der Waals surface area contributed by atoms with Crippen molar-refractivity contribution in [2.45, 2.75) is 20.3 Å². The van der Waals surface area contributed by atoms with Gasteiger partial charge in [-0.2, -0.15) is 0 Å². The summed E-state index contributed by atoms with van der Waals surface area (Å²) in [5.41, 5.74) is 2.27. The first-order chi connectivity index (χ1) is 10.9. The molecule has 1 aliphatic rings. The standard InChI is InChI=1S/C18H19NO3S/c1-12-3-5-13(6-4-12)14-7-10-23-15(14)16(20)19-9-8-18(2,11-19)17(21)22/h3-7,10H,8-9,11H2,1-2H3,(H,21,22). The molecule has 1 unspecified atom stereocenters. The van der Waals surface area contributed by atoms with Crippen LogP contribution >= 0.6 is 11.3 Å². The van der Waals surface area contributed by atoms with Gasteiger partial charge in [0.2, 0.25) is 0 Å². The van der Waals surface area contributed by atoms with Crippen LogP contribution in [0, 0.1) is 12.3 Å². The number of thiophene rings is 1. The molecule has 5 heteroatoms. The highest BCUT2D eigenvalue weighted by molar-refractivity contribution is 7.12. The van der Waals surface area contributed by atoms with Crippen LogP contribution in [0.1, 0.15) is 28.6 Å². The molecule has 1 N–H and O–H groups in total. The van der Waals surface area contributed by atoms with E-state index in [-0.39, 0.29) is 12.5 Å². The molecule has 1 atom stereocenters. The largest absolute Gasteiger partial charge is 0.481 e. The maximum Gasteiger partial charge on any atom is 0.311 e. The lowest BCUT2D eigenvalue weighted by molar-refractivity contribution is -0.147. The van der Waals surface area contributed by atoms with E-state index < -0.39 is 11.4 Å². The number of amides is 1. The first-order valence-corrected chi connectivity index (χ1v) is 8.46. The second-order valence-electron chi connectivity index (χ2n) is 6.37. The molecule has 1 aromatic carbocycles. The fourth-order valence-corrected chi connectivity index (χ4v) is 3.77. The quantitative estimate of drug-likeness (QED) is 0.935. The van der Waals surface area contributed by atoms with Crippen molar-refractivity contribution in [3.05, 3.63) is 46.2 Å². The molecule has 3 rings (SSSR count). The second-order valence-corrected chi connectivity index (χ2v) is 7.29. The zero-order valence-corrected chi connectivity index (χ0v) is 14.0. The Morgan fingerprint density at radius 1 is 1.22 bits per heavy atom. The molecular formula is C18H19NO3S. The Morgan fingerprint density at radius 2 is 1.91 bits per heavy atom. The van der Waals surface area contributed by atoms with Gasteiger partial charge < -0.3 is 10.0 Å². The highest BCUT2D eigenvalue weighted by Gasteiger charge is 2.42. The third kappa shape index (κ3) is 2.88. The topological polar surface area (TPSA) is 57.6 Å². The molecule has 1 aromatic heterocycles. The van der Waals surface area contributed by atoms with Crippen LogP contribution in [0.25, 0.3) is 11.1 Å². The lowest BCUT2D eigenvalue weighted by Crippen LogP contribution is -2.34. The minimum Gasteiger partial charge on any atom is -0.481 e. The molecule has 4 nitrogen and oxygen atoms in total. The van der Waals surface area contributed by atoms with Crippen molar-refractivity contribution < 1.29 is 14.7 Å². The van der Waals surface area contributed by atoms with E-state index in [1.165, 1.54) is 16.9 Å². The summed E-state index contributed by atoms with van der Waals surface area (Å²) < 4.78 is 0. The van der Waals surface area contributed by atoms with E-state index in [4.69, 9.17) is 0 Å². The highest BCUT2D eigenvalue weighted by atomic mass is 32.1. The molecule has 0 saturated carbocycles. The van der Waals surface area contributed by atoms with Gasteiger partial charge in [-0.1, -0.05) is 29.8 Å². The van der Waals surface area contributed by atoms with Crippen molar-refractivity contribution >= 4 is 23.2 Å². The average Bonchev–Trinajstić information content (AvgIpc) is 3.15. The van der Waals surface area contributed by atoms with E-state index in [1.54, 1.807) is 11.8 Å². The molecule has 0 radical (unpaired) electrons. The van der Waals surface area contributed by atoms with E-state index in [9.17, 15) is 14.7 Å². The summed E-state index contributed by atoms with van der Waals surface area (Å²) in [6.45, 7) is 4.50. The molecule has 0 bridgehead atoms. The van der Waals surface area contributed by atoms with Crippen LogP contribution in [0.5, 0.6) is 0 Å². The zero-order chi connectivity index (χ0) is 16.6. The maximum absolute atomic E-state index is 12.8. The summed E-state index contributed by atoms with van der Waals surface area (Å²) in [5, 5.41) is 11.2. The lowest BCUT2D eigenvalue weighted by Gasteiger charge is -2.20. The van der Waals surface area contributed by atoms with Crippen molar-refractivity contribution in [1.29, 1.82) is 0 Å². The molecule has 120 valence electrons. The average molecular weight is 329 g/mol. The van der Waals surface area contributed by atoms with Crippen LogP contribution in [-0.2, 0) is 4.79 Å². The van der Waals surface area contributed by atoms with Gasteiger partial charge in [-0.3, -0.25) is 9.59 Å². The summed E-state index contributed by atoms with van der Waals surface area (Å²) in [4.78, 5) is 26.5.